The van der Waals surface area contributed by atoms with Crippen LogP contribution in [0.4, 0.5) is 4.39 Å². The lowest BCUT2D eigenvalue weighted by atomic mass is 10.2. The molecule has 1 aromatic carbocycles. The van der Waals surface area contributed by atoms with Crippen LogP contribution in [-0.2, 0) is 6.54 Å². The largest absolute Gasteiger partial charge is 0.395 e. The van der Waals surface area contributed by atoms with Gasteiger partial charge in [0.25, 0.3) is 0 Å². The van der Waals surface area contributed by atoms with Crippen LogP contribution in [-0.4, -0.2) is 16.3 Å². The van der Waals surface area contributed by atoms with E-state index in [0.29, 0.717) is 11.0 Å². The highest BCUT2D eigenvalue weighted by Gasteiger charge is 2.07. The predicted molar refractivity (Wildman–Crippen MR) is 56.7 cm³/mol. The lowest BCUT2D eigenvalue weighted by Crippen LogP contribution is -1.99. The molecule has 0 aliphatic heterocycles. The molecule has 2 rings (SSSR count). The smallest absolute Gasteiger partial charge is 0.138 e. The summed E-state index contributed by atoms with van der Waals surface area (Å²) in [5.74, 6) is -0.265. The molecule has 0 aliphatic carbocycles. The van der Waals surface area contributed by atoms with E-state index in [1.54, 1.807) is 6.07 Å². The minimum absolute atomic E-state index is 0.0821. The first kappa shape index (κ1) is 9.68. The van der Waals surface area contributed by atoms with E-state index in [-0.39, 0.29) is 12.4 Å². The zero-order valence-electron chi connectivity index (χ0n) is 7.37. The number of rotatable bonds is 2. The van der Waals surface area contributed by atoms with Gasteiger partial charge in [-0.2, -0.15) is 0 Å². The fourth-order valence-electron chi connectivity index (χ4n) is 1.51. The molecule has 0 saturated carbocycles. The van der Waals surface area contributed by atoms with Gasteiger partial charge in [0.05, 0.1) is 11.1 Å². The SMILES string of the molecule is OCCn1ccc2c(Br)c(F)ccc21. The Balaban J connectivity index is 2.64. The van der Waals surface area contributed by atoms with Gasteiger partial charge in [-0.15, -0.1) is 0 Å². The average molecular weight is 258 g/mol. The first-order chi connectivity index (χ1) is 6.74. The van der Waals surface area contributed by atoms with Gasteiger partial charge >= 0.3 is 0 Å². The van der Waals surface area contributed by atoms with Gasteiger partial charge in [0.15, 0.2) is 0 Å². The Morgan fingerprint density at radius 2 is 2.14 bits per heavy atom. The number of aliphatic hydroxyl groups excluding tert-OH is 1. The van der Waals surface area contributed by atoms with Gasteiger partial charge in [-0.1, -0.05) is 0 Å². The van der Waals surface area contributed by atoms with Gasteiger partial charge in [0, 0.05) is 23.6 Å². The Bertz CT molecular complexity index is 466. The van der Waals surface area contributed by atoms with Crippen LogP contribution in [0.5, 0.6) is 0 Å². The van der Waals surface area contributed by atoms with E-state index < -0.39 is 0 Å². The fourth-order valence-corrected chi connectivity index (χ4v) is 1.98. The highest BCUT2D eigenvalue weighted by atomic mass is 79.9. The van der Waals surface area contributed by atoms with Crippen molar-refractivity contribution in [2.75, 3.05) is 6.61 Å². The van der Waals surface area contributed by atoms with E-state index in [0.717, 1.165) is 10.9 Å². The molecule has 14 heavy (non-hydrogen) atoms. The van der Waals surface area contributed by atoms with Crippen LogP contribution in [0.3, 0.4) is 0 Å². The first-order valence-corrected chi connectivity index (χ1v) is 5.07. The van der Waals surface area contributed by atoms with Crippen LogP contribution in [0.15, 0.2) is 28.9 Å². The van der Waals surface area contributed by atoms with Crippen molar-refractivity contribution in [3.63, 3.8) is 0 Å². The van der Waals surface area contributed by atoms with Crippen molar-refractivity contribution in [1.29, 1.82) is 0 Å². The Morgan fingerprint density at radius 3 is 2.86 bits per heavy atom. The molecule has 0 aliphatic rings. The zero-order valence-corrected chi connectivity index (χ0v) is 8.96. The number of nitrogens with zero attached hydrogens (tertiary/aromatic N) is 1. The normalized spacial score (nSPS) is 11.1. The van der Waals surface area contributed by atoms with Crippen LogP contribution in [0.2, 0.25) is 0 Å². The zero-order chi connectivity index (χ0) is 10.1. The van der Waals surface area contributed by atoms with Crippen molar-refractivity contribution >= 4 is 26.8 Å². The summed E-state index contributed by atoms with van der Waals surface area (Å²) in [4.78, 5) is 0. The monoisotopic (exact) mass is 257 g/mol. The maximum absolute atomic E-state index is 13.1. The second-order valence-corrected chi connectivity index (χ2v) is 3.82. The lowest BCUT2D eigenvalue weighted by Gasteiger charge is -2.03. The van der Waals surface area contributed by atoms with Crippen molar-refractivity contribution < 1.29 is 9.50 Å². The van der Waals surface area contributed by atoms with E-state index in [1.165, 1.54) is 6.07 Å². The minimum Gasteiger partial charge on any atom is -0.395 e. The molecule has 0 radical (unpaired) electrons. The quantitative estimate of drug-likeness (QED) is 0.879. The van der Waals surface area contributed by atoms with Gasteiger partial charge in [0.2, 0.25) is 0 Å². The Hall–Kier alpha value is -0.870. The maximum atomic E-state index is 13.1. The average Bonchev–Trinajstić information content (AvgIpc) is 2.57. The van der Waals surface area contributed by atoms with Gasteiger partial charge in [0.1, 0.15) is 5.82 Å². The second kappa shape index (κ2) is 3.71. The number of aromatic nitrogens is 1. The molecule has 0 atom stereocenters. The molecule has 1 N–H and O–H groups in total. The summed E-state index contributed by atoms with van der Waals surface area (Å²) in [6, 6.07) is 4.96. The molecule has 0 spiro atoms. The van der Waals surface area contributed by atoms with E-state index in [1.807, 2.05) is 16.8 Å². The second-order valence-electron chi connectivity index (χ2n) is 3.03. The molecule has 0 amide bonds. The van der Waals surface area contributed by atoms with E-state index in [9.17, 15) is 4.39 Å². The number of aliphatic hydroxyl groups is 1. The van der Waals surface area contributed by atoms with Crippen LogP contribution >= 0.6 is 15.9 Å². The van der Waals surface area contributed by atoms with E-state index >= 15 is 0 Å². The summed E-state index contributed by atoms with van der Waals surface area (Å²) < 4.78 is 15.5. The van der Waals surface area contributed by atoms with Crippen LogP contribution < -0.4 is 0 Å². The number of hydrogen-bond acceptors (Lipinski definition) is 1. The molecule has 2 aromatic rings. The predicted octanol–water partition coefficient (Wildman–Crippen LogP) is 2.54. The van der Waals surface area contributed by atoms with E-state index in [4.69, 9.17) is 5.11 Å². The fraction of sp³-hybridized carbons (Fsp3) is 0.200. The van der Waals surface area contributed by atoms with Crippen molar-refractivity contribution in [1.82, 2.24) is 4.57 Å². The molecule has 0 saturated heterocycles. The molecule has 74 valence electrons. The van der Waals surface area contributed by atoms with Crippen molar-refractivity contribution in [2.45, 2.75) is 6.54 Å². The van der Waals surface area contributed by atoms with Crippen LogP contribution in [0.25, 0.3) is 10.9 Å². The van der Waals surface area contributed by atoms with Gasteiger partial charge in [-0.05, 0) is 34.1 Å². The molecule has 0 bridgehead atoms. The summed E-state index contributed by atoms with van der Waals surface area (Å²) in [5, 5.41) is 9.65. The highest BCUT2D eigenvalue weighted by Crippen LogP contribution is 2.27. The molecule has 1 aromatic heterocycles. The Labute approximate surface area is 89.1 Å². The third kappa shape index (κ3) is 1.44. The highest BCUT2D eigenvalue weighted by molar-refractivity contribution is 9.10. The number of benzene rings is 1. The molecule has 2 nitrogen and oxygen atoms in total. The van der Waals surface area contributed by atoms with Crippen LogP contribution in [0.1, 0.15) is 0 Å². The summed E-state index contributed by atoms with van der Waals surface area (Å²) in [5.41, 5.74) is 0.923. The summed E-state index contributed by atoms with van der Waals surface area (Å²) in [6.07, 6.45) is 1.84. The molecule has 0 fully saturated rings. The number of hydrogen-bond donors (Lipinski definition) is 1. The van der Waals surface area contributed by atoms with Gasteiger partial charge < -0.3 is 9.67 Å². The molecular weight excluding hydrogens is 249 g/mol. The lowest BCUT2D eigenvalue weighted by molar-refractivity contribution is 0.278. The summed E-state index contributed by atoms with van der Waals surface area (Å²) in [6.45, 7) is 0.611. The standard InChI is InChI=1S/C10H9BrFNO/c11-10-7-3-4-13(5-6-14)9(7)2-1-8(10)12/h1-4,14H,5-6H2. The van der Waals surface area contributed by atoms with Crippen molar-refractivity contribution in [3.05, 3.63) is 34.7 Å². The molecule has 0 unspecified atom stereocenters. The Morgan fingerprint density at radius 1 is 1.36 bits per heavy atom. The van der Waals surface area contributed by atoms with Crippen molar-refractivity contribution in [3.8, 4) is 0 Å². The van der Waals surface area contributed by atoms with Crippen LogP contribution in [0, 0.1) is 5.82 Å². The van der Waals surface area contributed by atoms with Crippen molar-refractivity contribution in [2.24, 2.45) is 0 Å². The van der Waals surface area contributed by atoms with Gasteiger partial charge in [-0.3, -0.25) is 0 Å². The maximum Gasteiger partial charge on any atom is 0.138 e. The third-order valence-corrected chi connectivity index (χ3v) is 2.99. The minimum atomic E-state index is -0.265. The number of fused-ring (bicyclic) bond motifs is 1. The summed E-state index contributed by atoms with van der Waals surface area (Å²) >= 11 is 3.19. The molecule has 1 heterocycles. The van der Waals surface area contributed by atoms with Gasteiger partial charge in [-0.25, -0.2) is 4.39 Å². The third-order valence-electron chi connectivity index (χ3n) is 2.18. The van der Waals surface area contributed by atoms with E-state index in [2.05, 4.69) is 15.9 Å². The topological polar surface area (TPSA) is 25.2 Å². The molecule has 4 heteroatoms. The Kier molecular flexibility index (Phi) is 2.56. The summed E-state index contributed by atoms with van der Waals surface area (Å²) in [7, 11) is 0. The first-order valence-electron chi connectivity index (χ1n) is 4.27. The number of halogens is 2. The molecular formula is C10H9BrFNO.